The molecule has 1 unspecified atom stereocenters. The van der Waals surface area contributed by atoms with E-state index in [2.05, 4.69) is 28.2 Å². The third-order valence-electron chi connectivity index (χ3n) is 3.32. The van der Waals surface area contributed by atoms with E-state index >= 15 is 0 Å². The Kier molecular flexibility index (Phi) is 5.76. The van der Waals surface area contributed by atoms with Crippen molar-refractivity contribution in [2.75, 3.05) is 13.7 Å². The van der Waals surface area contributed by atoms with Gasteiger partial charge in [0.05, 0.1) is 13.2 Å². The molecule has 0 aromatic heterocycles. The standard InChI is InChI=1S/C17H19BrFNO/c1-3-10-20-17(12-4-7-14(21-2)8-5-12)15-11-13(18)6-9-16(15)19/h4-9,11,17,20H,3,10H2,1-2H3. The van der Waals surface area contributed by atoms with Crippen molar-refractivity contribution in [1.82, 2.24) is 5.32 Å². The van der Waals surface area contributed by atoms with Crippen molar-refractivity contribution in [3.8, 4) is 5.75 Å². The quantitative estimate of drug-likeness (QED) is 0.815. The first-order valence-electron chi connectivity index (χ1n) is 6.98. The second-order valence-corrected chi connectivity index (χ2v) is 5.74. The molecule has 4 heteroatoms. The van der Waals surface area contributed by atoms with Crippen LogP contribution in [0.2, 0.25) is 0 Å². The number of halogens is 2. The predicted octanol–water partition coefficient (Wildman–Crippen LogP) is 4.69. The van der Waals surface area contributed by atoms with Crippen LogP contribution in [0, 0.1) is 5.82 Å². The number of benzene rings is 2. The summed E-state index contributed by atoms with van der Waals surface area (Å²) in [7, 11) is 1.63. The number of hydrogen-bond acceptors (Lipinski definition) is 2. The van der Waals surface area contributed by atoms with Gasteiger partial charge in [0, 0.05) is 10.0 Å². The maximum absolute atomic E-state index is 14.2. The van der Waals surface area contributed by atoms with Gasteiger partial charge >= 0.3 is 0 Å². The molecule has 2 aromatic carbocycles. The van der Waals surface area contributed by atoms with Crippen LogP contribution in [-0.4, -0.2) is 13.7 Å². The Hall–Kier alpha value is -1.39. The van der Waals surface area contributed by atoms with E-state index < -0.39 is 0 Å². The smallest absolute Gasteiger partial charge is 0.128 e. The van der Waals surface area contributed by atoms with Crippen LogP contribution in [-0.2, 0) is 0 Å². The first kappa shape index (κ1) is 16.0. The minimum Gasteiger partial charge on any atom is -0.497 e. The van der Waals surface area contributed by atoms with Crippen LogP contribution in [0.1, 0.15) is 30.5 Å². The van der Waals surface area contributed by atoms with Crippen LogP contribution in [0.25, 0.3) is 0 Å². The van der Waals surface area contributed by atoms with E-state index in [4.69, 9.17) is 4.74 Å². The first-order valence-corrected chi connectivity index (χ1v) is 7.77. The van der Waals surface area contributed by atoms with E-state index in [9.17, 15) is 4.39 Å². The van der Waals surface area contributed by atoms with E-state index in [1.54, 1.807) is 13.2 Å². The van der Waals surface area contributed by atoms with E-state index in [1.165, 1.54) is 6.07 Å². The number of hydrogen-bond donors (Lipinski definition) is 1. The van der Waals surface area contributed by atoms with Gasteiger partial charge < -0.3 is 10.1 Å². The first-order chi connectivity index (χ1) is 10.2. The Morgan fingerprint density at radius 3 is 2.52 bits per heavy atom. The molecule has 0 spiro atoms. The fraction of sp³-hybridized carbons (Fsp3) is 0.294. The summed E-state index contributed by atoms with van der Waals surface area (Å²) in [6.07, 6.45) is 0.988. The van der Waals surface area contributed by atoms with E-state index in [1.807, 2.05) is 30.3 Å². The minimum atomic E-state index is -0.206. The lowest BCUT2D eigenvalue weighted by molar-refractivity contribution is 0.414. The highest BCUT2D eigenvalue weighted by Gasteiger charge is 2.17. The summed E-state index contributed by atoms with van der Waals surface area (Å²) in [4.78, 5) is 0. The van der Waals surface area contributed by atoms with Gasteiger partial charge in [-0.1, -0.05) is 35.0 Å². The van der Waals surface area contributed by atoms with Crippen molar-refractivity contribution in [3.63, 3.8) is 0 Å². The molecule has 1 atom stereocenters. The average molecular weight is 352 g/mol. The largest absolute Gasteiger partial charge is 0.497 e. The van der Waals surface area contributed by atoms with Crippen molar-refractivity contribution in [1.29, 1.82) is 0 Å². The molecule has 0 aliphatic rings. The van der Waals surface area contributed by atoms with Crippen LogP contribution >= 0.6 is 15.9 Å². The van der Waals surface area contributed by atoms with Crippen LogP contribution in [0.15, 0.2) is 46.9 Å². The summed E-state index contributed by atoms with van der Waals surface area (Å²) in [5.74, 6) is 0.588. The molecule has 0 aliphatic heterocycles. The van der Waals surface area contributed by atoms with Gasteiger partial charge in [-0.15, -0.1) is 0 Å². The summed E-state index contributed by atoms with van der Waals surface area (Å²) >= 11 is 3.41. The van der Waals surface area contributed by atoms with E-state index in [-0.39, 0.29) is 11.9 Å². The fourth-order valence-corrected chi connectivity index (χ4v) is 2.61. The third kappa shape index (κ3) is 4.05. The summed E-state index contributed by atoms with van der Waals surface area (Å²) in [6, 6.07) is 12.6. The number of ether oxygens (including phenoxy) is 1. The highest BCUT2D eigenvalue weighted by molar-refractivity contribution is 9.10. The monoisotopic (exact) mass is 351 g/mol. The van der Waals surface area contributed by atoms with Crippen molar-refractivity contribution in [2.45, 2.75) is 19.4 Å². The molecule has 1 N–H and O–H groups in total. The van der Waals surface area contributed by atoms with Crippen molar-refractivity contribution in [2.24, 2.45) is 0 Å². The zero-order valence-electron chi connectivity index (χ0n) is 12.2. The maximum Gasteiger partial charge on any atom is 0.128 e. The molecule has 0 fully saturated rings. The maximum atomic E-state index is 14.2. The molecule has 0 saturated heterocycles. The Morgan fingerprint density at radius 1 is 1.19 bits per heavy atom. The highest BCUT2D eigenvalue weighted by Crippen LogP contribution is 2.28. The molecule has 0 aliphatic carbocycles. The van der Waals surface area contributed by atoms with Gasteiger partial charge in [0.15, 0.2) is 0 Å². The summed E-state index contributed by atoms with van der Waals surface area (Å²) < 4.78 is 20.2. The third-order valence-corrected chi connectivity index (χ3v) is 3.81. The molecule has 2 rings (SSSR count). The molecule has 2 aromatic rings. The van der Waals surface area contributed by atoms with Gasteiger partial charge in [0.2, 0.25) is 0 Å². The van der Waals surface area contributed by atoms with Gasteiger partial charge in [0.25, 0.3) is 0 Å². The van der Waals surface area contributed by atoms with Gasteiger partial charge in [-0.3, -0.25) is 0 Å². The number of rotatable bonds is 6. The number of methoxy groups -OCH3 is 1. The van der Waals surface area contributed by atoms with Crippen molar-refractivity contribution < 1.29 is 9.13 Å². The molecular weight excluding hydrogens is 333 g/mol. The molecular formula is C17H19BrFNO. The number of nitrogens with one attached hydrogen (secondary N) is 1. The zero-order chi connectivity index (χ0) is 15.2. The summed E-state index contributed by atoms with van der Waals surface area (Å²) in [5, 5.41) is 3.41. The average Bonchev–Trinajstić information content (AvgIpc) is 2.51. The van der Waals surface area contributed by atoms with E-state index in [0.29, 0.717) is 5.56 Å². The fourth-order valence-electron chi connectivity index (χ4n) is 2.23. The molecule has 0 amide bonds. The summed E-state index contributed by atoms with van der Waals surface area (Å²) in [6.45, 7) is 2.91. The molecule has 21 heavy (non-hydrogen) atoms. The highest BCUT2D eigenvalue weighted by atomic mass is 79.9. The van der Waals surface area contributed by atoms with Crippen LogP contribution in [0.5, 0.6) is 5.75 Å². The molecule has 112 valence electrons. The molecule has 0 saturated carbocycles. The second kappa shape index (κ2) is 7.57. The lowest BCUT2D eigenvalue weighted by Gasteiger charge is -2.20. The SMILES string of the molecule is CCCNC(c1ccc(OC)cc1)c1cc(Br)ccc1F. The zero-order valence-corrected chi connectivity index (χ0v) is 13.8. The Labute approximate surface area is 133 Å². The predicted molar refractivity (Wildman–Crippen MR) is 87.2 cm³/mol. The molecule has 2 nitrogen and oxygen atoms in total. The second-order valence-electron chi connectivity index (χ2n) is 4.83. The minimum absolute atomic E-state index is 0.173. The van der Waals surface area contributed by atoms with Crippen molar-refractivity contribution >= 4 is 15.9 Å². The topological polar surface area (TPSA) is 21.3 Å². The Balaban J connectivity index is 2.38. The van der Waals surface area contributed by atoms with Gasteiger partial charge in [-0.05, 0) is 48.9 Å². The van der Waals surface area contributed by atoms with Crippen molar-refractivity contribution in [3.05, 3.63) is 63.9 Å². The van der Waals surface area contributed by atoms with Gasteiger partial charge in [-0.25, -0.2) is 4.39 Å². The molecule has 0 radical (unpaired) electrons. The normalized spacial score (nSPS) is 12.2. The van der Waals surface area contributed by atoms with Crippen LogP contribution < -0.4 is 10.1 Å². The van der Waals surface area contributed by atoms with Crippen LogP contribution in [0.4, 0.5) is 4.39 Å². The van der Waals surface area contributed by atoms with Crippen LogP contribution in [0.3, 0.4) is 0 Å². The van der Waals surface area contributed by atoms with Gasteiger partial charge in [-0.2, -0.15) is 0 Å². The molecule has 0 heterocycles. The lowest BCUT2D eigenvalue weighted by Crippen LogP contribution is -2.24. The lowest BCUT2D eigenvalue weighted by atomic mass is 9.98. The van der Waals surface area contributed by atoms with E-state index in [0.717, 1.165) is 28.8 Å². The Morgan fingerprint density at radius 2 is 1.90 bits per heavy atom. The summed E-state index contributed by atoms with van der Waals surface area (Å²) in [5.41, 5.74) is 1.66. The Bertz CT molecular complexity index is 586. The molecule has 0 bridgehead atoms. The van der Waals surface area contributed by atoms with Gasteiger partial charge in [0.1, 0.15) is 11.6 Å².